The van der Waals surface area contributed by atoms with Gasteiger partial charge in [-0.3, -0.25) is 0 Å². The van der Waals surface area contributed by atoms with Crippen LogP contribution in [0.2, 0.25) is 0 Å². The van der Waals surface area contributed by atoms with Crippen LogP contribution in [-0.4, -0.2) is 19.8 Å². The van der Waals surface area contributed by atoms with E-state index in [2.05, 4.69) is 25.2 Å². The molecule has 3 nitrogen and oxygen atoms in total. The highest BCUT2D eigenvalue weighted by Gasteiger charge is 2.21. The highest BCUT2D eigenvalue weighted by Crippen LogP contribution is 2.35. The Balaban J connectivity index is 1.98. The quantitative estimate of drug-likeness (QED) is 0.706. The van der Waals surface area contributed by atoms with Crippen molar-refractivity contribution in [1.29, 1.82) is 0 Å². The molecule has 0 saturated heterocycles. The van der Waals surface area contributed by atoms with Crippen molar-refractivity contribution in [3.8, 4) is 11.5 Å². The molecule has 0 radical (unpaired) electrons. The van der Waals surface area contributed by atoms with Crippen LogP contribution in [-0.2, 0) is 6.54 Å². The average Bonchev–Trinajstić information content (AvgIpc) is 3.25. The Bertz CT molecular complexity index is 427. The Morgan fingerprint density at radius 2 is 2.05 bits per heavy atom. The summed E-state index contributed by atoms with van der Waals surface area (Å²) in [7, 11) is 0. The van der Waals surface area contributed by atoms with Gasteiger partial charge in [0.1, 0.15) is 0 Å². The van der Waals surface area contributed by atoms with Crippen LogP contribution >= 0.6 is 0 Å². The zero-order chi connectivity index (χ0) is 15.1. The van der Waals surface area contributed by atoms with Crippen molar-refractivity contribution in [1.82, 2.24) is 5.32 Å². The molecule has 2 rings (SSSR count). The minimum Gasteiger partial charge on any atom is -0.490 e. The molecular weight excluding hydrogens is 262 g/mol. The first-order valence-electron chi connectivity index (χ1n) is 8.29. The van der Waals surface area contributed by atoms with Crippen LogP contribution in [0.25, 0.3) is 0 Å². The van der Waals surface area contributed by atoms with Crippen molar-refractivity contribution in [2.45, 2.75) is 46.6 Å². The fourth-order valence-electron chi connectivity index (χ4n) is 2.36. The maximum Gasteiger partial charge on any atom is 0.165 e. The van der Waals surface area contributed by atoms with Crippen molar-refractivity contribution in [3.05, 3.63) is 23.8 Å². The molecule has 3 heteroatoms. The summed E-state index contributed by atoms with van der Waals surface area (Å²) >= 11 is 0. The van der Waals surface area contributed by atoms with Gasteiger partial charge in [-0.25, -0.2) is 0 Å². The minimum absolute atomic E-state index is 0.652. The molecule has 0 aliphatic heterocycles. The Morgan fingerprint density at radius 1 is 1.24 bits per heavy atom. The lowest BCUT2D eigenvalue weighted by atomic mass is 10.1. The van der Waals surface area contributed by atoms with E-state index in [0.717, 1.165) is 37.1 Å². The summed E-state index contributed by atoms with van der Waals surface area (Å²) < 4.78 is 11.8. The predicted octanol–water partition coefficient (Wildman–Crippen LogP) is 4.01. The Kier molecular flexibility index (Phi) is 6.37. The third-order valence-corrected chi connectivity index (χ3v) is 3.70. The molecule has 1 aromatic rings. The summed E-state index contributed by atoms with van der Waals surface area (Å²) in [4.78, 5) is 0. The van der Waals surface area contributed by atoms with Crippen LogP contribution in [0.15, 0.2) is 18.2 Å². The molecule has 0 unspecified atom stereocenters. The van der Waals surface area contributed by atoms with Gasteiger partial charge < -0.3 is 14.8 Å². The number of ether oxygens (including phenoxy) is 2. The summed E-state index contributed by atoms with van der Waals surface area (Å²) in [5.41, 5.74) is 1.19. The van der Waals surface area contributed by atoms with E-state index in [1.165, 1.54) is 24.8 Å². The second-order valence-corrected chi connectivity index (χ2v) is 6.28. The van der Waals surface area contributed by atoms with E-state index >= 15 is 0 Å². The summed E-state index contributed by atoms with van der Waals surface area (Å²) in [6, 6.07) is 6.18. The van der Waals surface area contributed by atoms with Crippen LogP contribution in [0.4, 0.5) is 0 Å². The number of para-hydroxylation sites is 1. The van der Waals surface area contributed by atoms with Gasteiger partial charge in [0.15, 0.2) is 11.5 Å². The summed E-state index contributed by atoms with van der Waals surface area (Å²) in [6.07, 6.45) is 3.91. The third-order valence-electron chi connectivity index (χ3n) is 3.70. The molecular formula is C18H29NO2. The lowest BCUT2D eigenvalue weighted by Gasteiger charge is -2.17. The molecule has 0 atom stereocenters. The number of rotatable bonds is 10. The second kappa shape index (κ2) is 8.28. The lowest BCUT2D eigenvalue weighted by Crippen LogP contribution is -2.19. The fourth-order valence-corrected chi connectivity index (χ4v) is 2.36. The second-order valence-electron chi connectivity index (χ2n) is 6.28. The fraction of sp³-hybridized carbons (Fsp3) is 0.667. The Labute approximate surface area is 129 Å². The van der Waals surface area contributed by atoms with Crippen LogP contribution in [0.5, 0.6) is 11.5 Å². The largest absolute Gasteiger partial charge is 0.490 e. The van der Waals surface area contributed by atoms with Crippen LogP contribution in [0.1, 0.15) is 45.6 Å². The standard InChI is InChI=1S/C18H29NO2/c1-4-20-17-7-5-6-16(13-19-12-14(2)3)18(17)21-11-10-15-8-9-15/h5-7,14-15,19H,4,8-13H2,1-3H3. The van der Waals surface area contributed by atoms with Gasteiger partial charge in [0.05, 0.1) is 13.2 Å². The average molecular weight is 291 g/mol. The van der Waals surface area contributed by atoms with E-state index in [1.807, 2.05) is 19.1 Å². The molecule has 0 aromatic heterocycles. The van der Waals surface area contributed by atoms with Crippen molar-refractivity contribution in [2.24, 2.45) is 11.8 Å². The number of benzene rings is 1. The summed E-state index contributed by atoms with van der Waals surface area (Å²) in [6.45, 7) is 9.76. The normalized spacial score (nSPS) is 14.5. The van der Waals surface area contributed by atoms with Gasteiger partial charge in [-0.1, -0.05) is 38.8 Å². The molecule has 1 N–H and O–H groups in total. The molecule has 118 valence electrons. The smallest absolute Gasteiger partial charge is 0.165 e. The number of hydrogen-bond acceptors (Lipinski definition) is 3. The van der Waals surface area contributed by atoms with Crippen molar-refractivity contribution < 1.29 is 9.47 Å². The summed E-state index contributed by atoms with van der Waals surface area (Å²) in [5.74, 6) is 3.35. The molecule has 0 bridgehead atoms. The Morgan fingerprint density at radius 3 is 2.71 bits per heavy atom. The number of hydrogen-bond donors (Lipinski definition) is 1. The van der Waals surface area contributed by atoms with E-state index in [0.29, 0.717) is 12.5 Å². The zero-order valence-corrected chi connectivity index (χ0v) is 13.7. The Hall–Kier alpha value is -1.22. The molecule has 0 heterocycles. The van der Waals surface area contributed by atoms with Crippen LogP contribution < -0.4 is 14.8 Å². The highest BCUT2D eigenvalue weighted by atomic mass is 16.5. The van der Waals surface area contributed by atoms with Gasteiger partial charge in [-0.2, -0.15) is 0 Å². The first-order chi connectivity index (χ1) is 10.2. The third kappa shape index (κ3) is 5.58. The van der Waals surface area contributed by atoms with Gasteiger partial charge in [0.2, 0.25) is 0 Å². The molecule has 1 aliphatic carbocycles. The summed E-state index contributed by atoms with van der Waals surface area (Å²) in [5, 5.41) is 3.49. The molecule has 1 aliphatic rings. The molecule has 1 saturated carbocycles. The first kappa shape index (κ1) is 16.2. The molecule has 1 fully saturated rings. The zero-order valence-electron chi connectivity index (χ0n) is 13.7. The van der Waals surface area contributed by atoms with Gasteiger partial charge in [0, 0.05) is 12.1 Å². The topological polar surface area (TPSA) is 30.5 Å². The van der Waals surface area contributed by atoms with Crippen LogP contribution in [0.3, 0.4) is 0 Å². The van der Waals surface area contributed by atoms with Gasteiger partial charge in [-0.05, 0) is 37.8 Å². The highest BCUT2D eigenvalue weighted by molar-refractivity contribution is 5.46. The maximum atomic E-state index is 6.06. The number of nitrogens with one attached hydrogen (secondary N) is 1. The maximum absolute atomic E-state index is 6.06. The van der Waals surface area contributed by atoms with E-state index in [4.69, 9.17) is 9.47 Å². The first-order valence-corrected chi connectivity index (χ1v) is 8.29. The minimum atomic E-state index is 0.652. The van der Waals surface area contributed by atoms with E-state index in [9.17, 15) is 0 Å². The van der Waals surface area contributed by atoms with E-state index in [-0.39, 0.29) is 0 Å². The SMILES string of the molecule is CCOc1cccc(CNCC(C)C)c1OCCC1CC1. The van der Waals surface area contributed by atoms with Crippen molar-refractivity contribution in [3.63, 3.8) is 0 Å². The van der Waals surface area contributed by atoms with E-state index in [1.54, 1.807) is 0 Å². The van der Waals surface area contributed by atoms with Gasteiger partial charge in [0.25, 0.3) is 0 Å². The molecule has 0 spiro atoms. The van der Waals surface area contributed by atoms with E-state index < -0.39 is 0 Å². The van der Waals surface area contributed by atoms with Crippen molar-refractivity contribution in [2.75, 3.05) is 19.8 Å². The molecule has 0 amide bonds. The lowest BCUT2D eigenvalue weighted by molar-refractivity contribution is 0.266. The van der Waals surface area contributed by atoms with Gasteiger partial charge in [-0.15, -0.1) is 0 Å². The predicted molar refractivity (Wildman–Crippen MR) is 87.0 cm³/mol. The molecule has 21 heavy (non-hydrogen) atoms. The van der Waals surface area contributed by atoms with Crippen LogP contribution in [0, 0.1) is 11.8 Å². The molecule has 1 aromatic carbocycles. The van der Waals surface area contributed by atoms with Gasteiger partial charge >= 0.3 is 0 Å². The monoisotopic (exact) mass is 291 g/mol. The van der Waals surface area contributed by atoms with Crippen molar-refractivity contribution >= 4 is 0 Å².